The van der Waals surface area contributed by atoms with Crippen molar-refractivity contribution < 1.29 is 0 Å². The molecule has 3 rings (SSSR count). The second kappa shape index (κ2) is 4.37. The Morgan fingerprint density at radius 2 is 2.12 bits per heavy atom. The van der Waals surface area contributed by atoms with Crippen molar-refractivity contribution in [1.82, 2.24) is 15.3 Å². The van der Waals surface area contributed by atoms with Crippen molar-refractivity contribution in [3.05, 3.63) is 22.8 Å². The number of nitrogens with zero attached hydrogens (tertiary/aromatic N) is 2. The van der Waals surface area contributed by atoms with Crippen molar-refractivity contribution in [3.8, 4) is 0 Å². The van der Waals surface area contributed by atoms with E-state index >= 15 is 0 Å². The lowest BCUT2D eigenvalue weighted by molar-refractivity contribution is 0.595. The van der Waals surface area contributed by atoms with Crippen LogP contribution in [-0.4, -0.2) is 16.5 Å². The minimum atomic E-state index is 0.504. The molecule has 0 saturated heterocycles. The molecule has 0 radical (unpaired) electrons. The largest absolute Gasteiger partial charge is 0.312 e. The normalized spacial score (nSPS) is 19.5. The highest BCUT2D eigenvalue weighted by Gasteiger charge is 2.25. The van der Waals surface area contributed by atoms with Crippen LogP contribution in [0.2, 0.25) is 0 Å². The monoisotopic (exact) mass is 231 g/mol. The average Bonchev–Trinajstić information content (AvgIpc) is 3.11. The van der Waals surface area contributed by atoms with Crippen molar-refractivity contribution in [1.29, 1.82) is 0 Å². The van der Waals surface area contributed by atoms with Gasteiger partial charge in [-0.2, -0.15) is 0 Å². The maximum atomic E-state index is 4.81. The van der Waals surface area contributed by atoms with Crippen molar-refractivity contribution in [3.63, 3.8) is 0 Å². The molecule has 17 heavy (non-hydrogen) atoms. The van der Waals surface area contributed by atoms with Crippen molar-refractivity contribution >= 4 is 0 Å². The third-order valence-corrected chi connectivity index (χ3v) is 3.73. The third kappa shape index (κ3) is 2.34. The molecule has 1 saturated carbocycles. The molecule has 1 aliphatic carbocycles. The summed E-state index contributed by atoms with van der Waals surface area (Å²) in [5.74, 6) is 2.47. The van der Waals surface area contributed by atoms with Crippen molar-refractivity contribution in [2.24, 2.45) is 5.92 Å². The summed E-state index contributed by atoms with van der Waals surface area (Å²) >= 11 is 0. The minimum absolute atomic E-state index is 0.504. The van der Waals surface area contributed by atoms with Crippen LogP contribution in [0.25, 0.3) is 0 Å². The Bertz CT molecular complexity index is 422. The first-order valence-corrected chi connectivity index (χ1v) is 6.83. The highest BCUT2D eigenvalue weighted by Crippen LogP contribution is 2.32. The predicted octanol–water partition coefficient (Wildman–Crippen LogP) is 2.20. The van der Waals surface area contributed by atoms with Crippen LogP contribution in [0.1, 0.15) is 55.4 Å². The third-order valence-electron chi connectivity index (χ3n) is 3.73. The smallest absolute Gasteiger partial charge is 0.129 e. The number of nitrogens with one attached hydrogen (secondary N) is 1. The molecule has 0 aromatic carbocycles. The number of hydrogen-bond donors (Lipinski definition) is 1. The van der Waals surface area contributed by atoms with Crippen molar-refractivity contribution in [2.75, 3.05) is 6.54 Å². The predicted molar refractivity (Wildman–Crippen MR) is 68.0 cm³/mol. The lowest BCUT2D eigenvalue weighted by Gasteiger charge is -2.21. The van der Waals surface area contributed by atoms with E-state index in [9.17, 15) is 0 Å². The Morgan fingerprint density at radius 1 is 1.29 bits per heavy atom. The molecule has 2 heterocycles. The molecule has 1 aliphatic heterocycles. The molecule has 0 bridgehead atoms. The van der Waals surface area contributed by atoms with E-state index in [0.29, 0.717) is 5.92 Å². The van der Waals surface area contributed by atoms with E-state index in [2.05, 4.69) is 19.2 Å². The molecule has 3 nitrogen and oxygen atoms in total. The summed E-state index contributed by atoms with van der Waals surface area (Å²) < 4.78 is 0. The highest BCUT2D eigenvalue weighted by molar-refractivity contribution is 5.30. The fraction of sp³-hybridized carbons (Fsp3) is 0.714. The van der Waals surface area contributed by atoms with Gasteiger partial charge in [0.25, 0.3) is 0 Å². The maximum absolute atomic E-state index is 4.81. The van der Waals surface area contributed by atoms with Gasteiger partial charge in [-0.25, -0.2) is 9.97 Å². The standard InChI is InChI=1S/C14H21N3/c1-9(2)14-11-8-15-6-5-12(11)16-13(17-14)7-10-3-4-10/h9-10,15H,3-8H2,1-2H3. The van der Waals surface area contributed by atoms with E-state index < -0.39 is 0 Å². The Morgan fingerprint density at radius 3 is 2.82 bits per heavy atom. The van der Waals surface area contributed by atoms with Gasteiger partial charge in [0.1, 0.15) is 5.82 Å². The van der Waals surface area contributed by atoms with Crippen LogP contribution in [0.5, 0.6) is 0 Å². The summed E-state index contributed by atoms with van der Waals surface area (Å²) in [4.78, 5) is 9.60. The molecule has 0 unspecified atom stereocenters. The molecule has 0 amide bonds. The Balaban J connectivity index is 1.97. The summed E-state index contributed by atoms with van der Waals surface area (Å²) in [5.41, 5.74) is 3.95. The van der Waals surface area contributed by atoms with Crippen LogP contribution in [0.3, 0.4) is 0 Å². The zero-order valence-corrected chi connectivity index (χ0v) is 10.8. The first kappa shape index (κ1) is 11.1. The maximum Gasteiger partial charge on any atom is 0.129 e. The minimum Gasteiger partial charge on any atom is -0.312 e. The summed E-state index contributed by atoms with van der Waals surface area (Å²) in [6.07, 6.45) is 4.91. The number of hydrogen-bond acceptors (Lipinski definition) is 3. The first-order valence-electron chi connectivity index (χ1n) is 6.83. The van der Waals surface area contributed by atoms with Crippen LogP contribution >= 0.6 is 0 Å². The van der Waals surface area contributed by atoms with Crippen LogP contribution in [0.15, 0.2) is 0 Å². The molecular formula is C14H21N3. The molecule has 1 aromatic heterocycles. The van der Waals surface area contributed by atoms with Crippen LogP contribution < -0.4 is 5.32 Å². The summed E-state index contributed by atoms with van der Waals surface area (Å²) in [7, 11) is 0. The van der Waals surface area contributed by atoms with E-state index in [4.69, 9.17) is 9.97 Å². The quantitative estimate of drug-likeness (QED) is 0.866. The second-order valence-electron chi connectivity index (χ2n) is 5.68. The second-order valence-corrected chi connectivity index (χ2v) is 5.68. The average molecular weight is 231 g/mol. The molecular weight excluding hydrogens is 210 g/mol. The van der Waals surface area contributed by atoms with Crippen molar-refractivity contribution in [2.45, 2.75) is 52.0 Å². The topological polar surface area (TPSA) is 37.8 Å². The SMILES string of the molecule is CC(C)c1nc(CC2CC2)nc2c1CNCC2. The van der Waals surface area contributed by atoms with Gasteiger partial charge in [0.2, 0.25) is 0 Å². The zero-order chi connectivity index (χ0) is 11.8. The lowest BCUT2D eigenvalue weighted by atomic mass is 9.98. The Labute approximate surface area is 103 Å². The molecule has 2 aliphatic rings. The molecule has 1 fully saturated rings. The van der Waals surface area contributed by atoms with Gasteiger partial charge in [0.15, 0.2) is 0 Å². The summed E-state index contributed by atoms with van der Waals surface area (Å²) in [6, 6.07) is 0. The number of aromatic nitrogens is 2. The fourth-order valence-electron chi connectivity index (χ4n) is 2.57. The van der Waals surface area contributed by atoms with Crippen LogP contribution in [-0.2, 0) is 19.4 Å². The fourth-order valence-corrected chi connectivity index (χ4v) is 2.57. The molecule has 92 valence electrons. The van der Waals surface area contributed by atoms with Gasteiger partial charge in [-0.05, 0) is 24.7 Å². The molecule has 0 spiro atoms. The highest BCUT2D eigenvalue weighted by atomic mass is 15.0. The Kier molecular flexibility index (Phi) is 2.87. The first-order chi connectivity index (χ1) is 8.24. The van der Waals surface area contributed by atoms with Gasteiger partial charge in [-0.3, -0.25) is 0 Å². The molecule has 1 aromatic rings. The van der Waals surface area contributed by atoms with Crippen LogP contribution in [0, 0.1) is 5.92 Å². The zero-order valence-electron chi connectivity index (χ0n) is 10.8. The van der Waals surface area contributed by atoms with Gasteiger partial charge in [0.05, 0.1) is 11.4 Å². The van der Waals surface area contributed by atoms with Gasteiger partial charge < -0.3 is 5.32 Å². The van der Waals surface area contributed by atoms with Gasteiger partial charge in [-0.15, -0.1) is 0 Å². The molecule has 1 N–H and O–H groups in total. The van der Waals surface area contributed by atoms with Gasteiger partial charge in [0, 0.05) is 31.5 Å². The summed E-state index contributed by atoms with van der Waals surface area (Å²) in [5, 5.41) is 3.43. The van der Waals surface area contributed by atoms with E-state index in [0.717, 1.165) is 37.7 Å². The molecule has 3 heteroatoms. The number of rotatable bonds is 3. The van der Waals surface area contributed by atoms with Gasteiger partial charge in [-0.1, -0.05) is 13.8 Å². The van der Waals surface area contributed by atoms with Crippen LogP contribution in [0.4, 0.5) is 0 Å². The Hall–Kier alpha value is -0.960. The van der Waals surface area contributed by atoms with E-state index in [1.54, 1.807) is 0 Å². The molecule has 0 atom stereocenters. The van der Waals surface area contributed by atoms with Gasteiger partial charge >= 0.3 is 0 Å². The number of fused-ring (bicyclic) bond motifs is 1. The van der Waals surface area contributed by atoms with E-state index in [1.807, 2.05) is 0 Å². The van der Waals surface area contributed by atoms with E-state index in [-0.39, 0.29) is 0 Å². The van der Waals surface area contributed by atoms with E-state index in [1.165, 1.54) is 29.8 Å². The lowest BCUT2D eigenvalue weighted by Crippen LogP contribution is -2.27. The summed E-state index contributed by atoms with van der Waals surface area (Å²) in [6.45, 7) is 6.48.